The molecule has 3 aromatic rings. The molecule has 0 bridgehead atoms. The number of H-pyrrole nitrogens is 1. The number of amides is 1. The molecule has 5 heteroatoms. The molecule has 0 unspecified atom stereocenters. The van der Waals surface area contributed by atoms with Crippen LogP contribution in [-0.2, 0) is 6.54 Å². The van der Waals surface area contributed by atoms with Crippen molar-refractivity contribution < 1.29 is 9.53 Å². The van der Waals surface area contributed by atoms with Gasteiger partial charge in [-0.05, 0) is 30.2 Å². The third-order valence-corrected chi connectivity index (χ3v) is 3.48. The number of fused-ring (bicyclic) bond motifs is 1. The third-order valence-electron chi connectivity index (χ3n) is 3.48. The number of aryl methyl sites for hydroxylation is 1. The summed E-state index contributed by atoms with van der Waals surface area (Å²) in [4.78, 5) is 19.5. The lowest BCUT2D eigenvalue weighted by Gasteiger charge is -2.04. The van der Waals surface area contributed by atoms with Crippen molar-refractivity contribution in [3.63, 3.8) is 0 Å². The molecule has 3 rings (SSSR count). The summed E-state index contributed by atoms with van der Waals surface area (Å²) >= 11 is 0. The Morgan fingerprint density at radius 2 is 2.14 bits per heavy atom. The van der Waals surface area contributed by atoms with Crippen molar-refractivity contribution in [3.05, 3.63) is 59.4 Å². The molecule has 0 saturated heterocycles. The van der Waals surface area contributed by atoms with Crippen LogP contribution < -0.4 is 10.1 Å². The van der Waals surface area contributed by atoms with E-state index in [0.717, 1.165) is 22.0 Å². The quantitative estimate of drug-likeness (QED) is 0.777. The van der Waals surface area contributed by atoms with Gasteiger partial charge in [-0.3, -0.25) is 4.79 Å². The molecule has 112 valence electrons. The van der Waals surface area contributed by atoms with Crippen LogP contribution in [0.5, 0.6) is 5.88 Å². The predicted octanol–water partition coefficient (Wildman–Crippen LogP) is 2.81. The molecule has 2 N–H and O–H groups in total. The van der Waals surface area contributed by atoms with Crippen LogP contribution in [0, 0.1) is 6.92 Å². The smallest absolute Gasteiger partial charge is 0.267 e. The van der Waals surface area contributed by atoms with Crippen molar-refractivity contribution in [2.24, 2.45) is 0 Å². The highest BCUT2D eigenvalue weighted by Crippen LogP contribution is 2.17. The fourth-order valence-electron chi connectivity index (χ4n) is 2.28. The van der Waals surface area contributed by atoms with Crippen LogP contribution in [0.4, 0.5) is 0 Å². The van der Waals surface area contributed by atoms with Gasteiger partial charge in [-0.1, -0.05) is 18.2 Å². The highest BCUT2D eigenvalue weighted by Gasteiger charge is 2.09. The van der Waals surface area contributed by atoms with E-state index in [2.05, 4.69) is 15.3 Å². The maximum Gasteiger partial charge on any atom is 0.267 e. The molecule has 5 nitrogen and oxygen atoms in total. The summed E-state index contributed by atoms with van der Waals surface area (Å²) in [5.74, 6) is 0.422. The number of carbonyl (C=O) groups is 1. The normalized spacial score (nSPS) is 10.6. The molecule has 1 aromatic carbocycles. The molecule has 0 atom stereocenters. The lowest BCUT2D eigenvalue weighted by atomic mass is 10.2. The Labute approximate surface area is 128 Å². The zero-order valence-electron chi connectivity index (χ0n) is 12.5. The van der Waals surface area contributed by atoms with E-state index in [-0.39, 0.29) is 5.91 Å². The molecule has 0 radical (unpaired) electrons. The van der Waals surface area contributed by atoms with Crippen molar-refractivity contribution in [3.8, 4) is 5.88 Å². The van der Waals surface area contributed by atoms with Gasteiger partial charge < -0.3 is 15.0 Å². The topological polar surface area (TPSA) is 67.0 Å². The molecule has 0 fully saturated rings. The van der Waals surface area contributed by atoms with Crippen molar-refractivity contribution >= 4 is 16.8 Å². The number of methoxy groups -OCH3 is 1. The van der Waals surface area contributed by atoms with E-state index in [9.17, 15) is 4.79 Å². The number of nitrogens with one attached hydrogen (secondary N) is 2. The third kappa shape index (κ3) is 2.93. The Kier molecular flexibility index (Phi) is 3.78. The Balaban J connectivity index is 1.69. The van der Waals surface area contributed by atoms with Crippen LogP contribution in [-0.4, -0.2) is 23.0 Å². The number of carbonyl (C=O) groups excluding carboxylic acids is 1. The second-order valence-corrected chi connectivity index (χ2v) is 5.17. The van der Waals surface area contributed by atoms with Crippen molar-refractivity contribution in [2.75, 3.05) is 7.11 Å². The number of aromatic amines is 1. The Bertz CT molecular complexity index is 806. The lowest BCUT2D eigenvalue weighted by molar-refractivity contribution is 0.0946. The molecule has 22 heavy (non-hydrogen) atoms. The number of pyridine rings is 1. The molecule has 2 heterocycles. The molecule has 0 aliphatic rings. The summed E-state index contributed by atoms with van der Waals surface area (Å²) in [6.07, 6.45) is 1.69. The lowest BCUT2D eigenvalue weighted by Crippen LogP contribution is -2.23. The van der Waals surface area contributed by atoms with Gasteiger partial charge in [0.05, 0.1) is 7.11 Å². The average Bonchev–Trinajstić information content (AvgIpc) is 2.96. The number of hydrogen-bond acceptors (Lipinski definition) is 3. The van der Waals surface area contributed by atoms with Gasteiger partial charge in [0.15, 0.2) is 0 Å². The summed E-state index contributed by atoms with van der Waals surface area (Å²) in [5, 5.41) is 3.91. The SMILES string of the molecule is COc1ccc(CNC(=O)c2cc3ccc(C)cc3[nH]2)cn1. The Hall–Kier alpha value is -2.82. The highest BCUT2D eigenvalue weighted by atomic mass is 16.5. The summed E-state index contributed by atoms with van der Waals surface area (Å²) in [6, 6.07) is 11.6. The van der Waals surface area contributed by atoms with E-state index >= 15 is 0 Å². The summed E-state index contributed by atoms with van der Waals surface area (Å²) in [7, 11) is 1.57. The van der Waals surface area contributed by atoms with E-state index in [1.165, 1.54) is 0 Å². The molecule has 0 spiro atoms. The van der Waals surface area contributed by atoms with E-state index in [4.69, 9.17) is 4.74 Å². The van der Waals surface area contributed by atoms with Crippen LogP contribution in [0.25, 0.3) is 10.9 Å². The Morgan fingerprint density at radius 1 is 1.27 bits per heavy atom. The molecule has 0 aliphatic carbocycles. The largest absolute Gasteiger partial charge is 0.481 e. The molecular formula is C17H17N3O2. The van der Waals surface area contributed by atoms with Crippen LogP contribution in [0.3, 0.4) is 0 Å². The van der Waals surface area contributed by atoms with E-state index in [1.807, 2.05) is 37.3 Å². The van der Waals surface area contributed by atoms with Gasteiger partial charge in [0.1, 0.15) is 5.69 Å². The Morgan fingerprint density at radius 3 is 2.86 bits per heavy atom. The van der Waals surface area contributed by atoms with Crippen LogP contribution in [0.2, 0.25) is 0 Å². The van der Waals surface area contributed by atoms with Gasteiger partial charge in [-0.25, -0.2) is 4.98 Å². The van der Waals surface area contributed by atoms with Crippen molar-refractivity contribution in [2.45, 2.75) is 13.5 Å². The number of ether oxygens (including phenoxy) is 1. The molecular weight excluding hydrogens is 278 g/mol. The number of rotatable bonds is 4. The van der Waals surface area contributed by atoms with Crippen LogP contribution in [0.1, 0.15) is 21.6 Å². The predicted molar refractivity (Wildman–Crippen MR) is 85.0 cm³/mol. The summed E-state index contributed by atoms with van der Waals surface area (Å²) < 4.78 is 5.00. The second-order valence-electron chi connectivity index (χ2n) is 5.17. The van der Waals surface area contributed by atoms with E-state index in [0.29, 0.717) is 18.1 Å². The van der Waals surface area contributed by atoms with E-state index in [1.54, 1.807) is 19.4 Å². The standard InChI is InChI=1S/C17H17N3O2/c1-11-3-5-13-8-15(20-14(13)7-11)17(21)19-10-12-4-6-16(22-2)18-9-12/h3-9,20H,10H2,1-2H3,(H,19,21). The zero-order valence-corrected chi connectivity index (χ0v) is 12.5. The fraction of sp³-hybridized carbons (Fsp3) is 0.176. The number of aromatic nitrogens is 2. The minimum absolute atomic E-state index is 0.135. The van der Waals surface area contributed by atoms with E-state index < -0.39 is 0 Å². The summed E-state index contributed by atoms with van der Waals surface area (Å²) in [6.45, 7) is 2.45. The maximum atomic E-state index is 12.2. The first-order chi connectivity index (χ1) is 10.7. The maximum absolute atomic E-state index is 12.2. The van der Waals surface area contributed by atoms with Gasteiger partial charge in [-0.15, -0.1) is 0 Å². The van der Waals surface area contributed by atoms with Crippen molar-refractivity contribution in [1.82, 2.24) is 15.3 Å². The molecule has 0 saturated carbocycles. The van der Waals surface area contributed by atoms with Crippen molar-refractivity contribution in [1.29, 1.82) is 0 Å². The average molecular weight is 295 g/mol. The van der Waals surface area contributed by atoms with Gasteiger partial charge in [0.2, 0.25) is 5.88 Å². The first-order valence-electron chi connectivity index (χ1n) is 7.02. The molecule has 0 aliphatic heterocycles. The number of nitrogens with zero attached hydrogens (tertiary/aromatic N) is 1. The number of hydrogen-bond donors (Lipinski definition) is 2. The minimum Gasteiger partial charge on any atom is -0.481 e. The minimum atomic E-state index is -0.135. The fourth-order valence-corrected chi connectivity index (χ4v) is 2.28. The highest BCUT2D eigenvalue weighted by molar-refractivity contribution is 5.98. The molecule has 1 amide bonds. The monoisotopic (exact) mass is 295 g/mol. The van der Waals surface area contributed by atoms with Gasteiger partial charge >= 0.3 is 0 Å². The van der Waals surface area contributed by atoms with Gasteiger partial charge in [0, 0.05) is 29.7 Å². The van der Waals surface area contributed by atoms with Crippen LogP contribution >= 0.6 is 0 Å². The van der Waals surface area contributed by atoms with Crippen LogP contribution in [0.15, 0.2) is 42.6 Å². The first-order valence-corrected chi connectivity index (χ1v) is 7.02. The van der Waals surface area contributed by atoms with Gasteiger partial charge in [-0.2, -0.15) is 0 Å². The number of benzene rings is 1. The summed E-state index contributed by atoms with van der Waals surface area (Å²) in [5.41, 5.74) is 3.60. The second kappa shape index (κ2) is 5.89. The van der Waals surface area contributed by atoms with Gasteiger partial charge in [0.25, 0.3) is 5.91 Å². The zero-order chi connectivity index (χ0) is 15.5. The first kappa shape index (κ1) is 14.1. The molecule has 2 aromatic heterocycles.